The van der Waals surface area contributed by atoms with Gasteiger partial charge in [0.05, 0.1) is 5.54 Å². The summed E-state index contributed by atoms with van der Waals surface area (Å²) in [6.07, 6.45) is 1.93. The molecular weight excluding hydrogens is 322 g/mol. The molecular formula is C23H25NO2. The molecule has 0 aliphatic heterocycles. The van der Waals surface area contributed by atoms with Crippen molar-refractivity contribution in [1.82, 2.24) is 4.90 Å². The van der Waals surface area contributed by atoms with Crippen LogP contribution in [0.3, 0.4) is 0 Å². The predicted octanol–water partition coefficient (Wildman–Crippen LogP) is 5.24. The van der Waals surface area contributed by atoms with Crippen molar-refractivity contribution in [3.63, 3.8) is 0 Å². The van der Waals surface area contributed by atoms with E-state index >= 15 is 0 Å². The highest BCUT2D eigenvalue weighted by atomic mass is 16.4. The molecule has 0 atom stereocenters. The van der Waals surface area contributed by atoms with Gasteiger partial charge < -0.3 is 5.11 Å². The van der Waals surface area contributed by atoms with Crippen LogP contribution in [0.5, 0.6) is 0 Å². The molecule has 3 heteroatoms. The topological polar surface area (TPSA) is 40.5 Å². The van der Waals surface area contributed by atoms with Crippen molar-refractivity contribution in [3.8, 4) is 11.8 Å². The lowest BCUT2D eigenvalue weighted by Crippen LogP contribution is -2.60. The van der Waals surface area contributed by atoms with E-state index in [1.807, 2.05) is 75.4 Å². The standard InChI is InChI=1S/C23H25NO2/c1-22(2,3)24(21(25)26)23(16-7-17-23)20-14-12-19(13-15-20)11-10-18-8-5-4-6-9-18/h4-6,8-9,12-15H,7,16-17H2,1-3H3,(H,25,26). The summed E-state index contributed by atoms with van der Waals surface area (Å²) in [5.41, 5.74) is 2.11. The van der Waals surface area contributed by atoms with Crippen molar-refractivity contribution in [2.24, 2.45) is 0 Å². The SMILES string of the molecule is CC(C)(C)N(C(=O)O)C1(c2ccc(C#Cc3ccccc3)cc2)CCC1. The molecule has 0 spiro atoms. The zero-order chi connectivity index (χ0) is 18.8. The van der Waals surface area contributed by atoms with Gasteiger partial charge in [0.15, 0.2) is 0 Å². The van der Waals surface area contributed by atoms with Crippen molar-refractivity contribution in [3.05, 3.63) is 71.3 Å². The highest BCUT2D eigenvalue weighted by molar-refractivity contribution is 5.68. The number of carboxylic acid groups (broad SMARTS) is 1. The van der Waals surface area contributed by atoms with Gasteiger partial charge in [0.1, 0.15) is 0 Å². The van der Waals surface area contributed by atoms with Crippen LogP contribution >= 0.6 is 0 Å². The fourth-order valence-electron chi connectivity index (χ4n) is 3.79. The molecule has 0 bridgehead atoms. The molecule has 2 aromatic rings. The van der Waals surface area contributed by atoms with Crippen LogP contribution in [0.2, 0.25) is 0 Å². The summed E-state index contributed by atoms with van der Waals surface area (Å²) in [6, 6.07) is 18.0. The van der Waals surface area contributed by atoms with Crippen LogP contribution < -0.4 is 0 Å². The molecule has 0 heterocycles. The summed E-state index contributed by atoms with van der Waals surface area (Å²) >= 11 is 0. The molecule has 1 fully saturated rings. The number of rotatable bonds is 2. The zero-order valence-corrected chi connectivity index (χ0v) is 15.6. The summed E-state index contributed by atoms with van der Waals surface area (Å²) in [5, 5.41) is 9.84. The van der Waals surface area contributed by atoms with Gasteiger partial charge in [-0.2, -0.15) is 0 Å². The molecule has 1 N–H and O–H groups in total. The number of benzene rings is 2. The number of hydrogen-bond donors (Lipinski definition) is 1. The molecule has 3 rings (SSSR count). The van der Waals surface area contributed by atoms with Crippen molar-refractivity contribution in [1.29, 1.82) is 0 Å². The van der Waals surface area contributed by atoms with E-state index in [0.29, 0.717) is 0 Å². The van der Waals surface area contributed by atoms with Crippen LogP contribution in [-0.4, -0.2) is 21.6 Å². The van der Waals surface area contributed by atoms with E-state index in [4.69, 9.17) is 0 Å². The minimum absolute atomic E-state index is 0.421. The second-order valence-electron chi connectivity index (χ2n) is 7.87. The van der Waals surface area contributed by atoms with Crippen molar-refractivity contribution in [2.75, 3.05) is 0 Å². The maximum atomic E-state index is 12.0. The van der Waals surface area contributed by atoms with E-state index < -0.39 is 17.2 Å². The largest absolute Gasteiger partial charge is 0.465 e. The van der Waals surface area contributed by atoms with Gasteiger partial charge in [-0.25, -0.2) is 4.79 Å². The van der Waals surface area contributed by atoms with E-state index in [0.717, 1.165) is 36.0 Å². The van der Waals surface area contributed by atoms with Gasteiger partial charge in [-0.1, -0.05) is 42.2 Å². The molecule has 0 aromatic heterocycles. The molecule has 134 valence electrons. The number of hydrogen-bond acceptors (Lipinski definition) is 1. The second-order valence-corrected chi connectivity index (χ2v) is 7.87. The first-order chi connectivity index (χ1) is 12.3. The average molecular weight is 347 g/mol. The molecule has 26 heavy (non-hydrogen) atoms. The Morgan fingerprint density at radius 2 is 1.50 bits per heavy atom. The third-order valence-electron chi connectivity index (χ3n) is 5.02. The summed E-state index contributed by atoms with van der Waals surface area (Å²) in [7, 11) is 0. The normalized spacial score (nSPS) is 15.3. The maximum Gasteiger partial charge on any atom is 0.408 e. The Morgan fingerprint density at radius 1 is 0.962 bits per heavy atom. The minimum atomic E-state index is -0.856. The van der Waals surface area contributed by atoms with Gasteiger partial charge in [0.2, 0.25) is 0 Å². The highest BCUT2D eigenvalue weighted by Crippen LogP contribution is 2.49. The molecule has 0 radical (unpaired) electrons. The molecule has 1 saturated carbocycles. The van der Waals surface area contributed by atoms with E-state index in [9.17, 15) is 9.90 Å². The van der Waals surface area contributed by atoms with Crippen LogP contribution in [0.4, 0.5) is 4.79 Å². The van der Waals surface area contributed by atoms with Crippen LogP contribution in [0, 0.1) is 11.8 Å². The van der Waals surface area contributed by atoms with Crippen LogP contribution in [0.15, 0.2) is 54.6 Å². The Hall–Kier alpha value is -2.73. The Morgan fingerprint density at radius 3 is 1.92 bits per heavy atom. The Kier molecular flexibility index (Phi) is 4.78. The Balaban J connectivity index is 1.89. The lowest BCUT2D eigenvalue weighted by Gasteiger charge is -2.54. The average Bonchev–Trinajstić information content (AvgIpc) is 2.56. The molecule has 3 nitrogen and oxygen atoms in total. The minimum Gasteiger partial charge on any atom is -0.465 e. The van der Waals surface area contributed by atoms with E-state index in [1.165, 1.54) is 0 Å². The molecule has 1 aliphatic carbocycles. The summed E-state index contributed by atoms with van der Waals surface area (Å²) in [5.74, 6) is 6.34. The van der Waals surface area contributed by atoms with Gasteiger partial charge in [-0.3, -0.25) is 4.90 Å². The predicted molar refractivity (Wildman–Crippen MR) is 104 cm³/mol. The number of nitrogens with zero attached hydrogens (tertiary/aromatic N) is 1. The first-order valence-electron chi connectivity index (χ1n) is 9.04. The highest BCUT2D eigenvalue weighted by Gasteiger charge is 2.50. The monoisotopic (exact) mass is 347 g/mol. The third kappa shape index (κ3) is 3.46. The summed E-state index contributed by atoms with van der Waals surface area (Å²) in [4.78, 5) is 13.6. The lowest BCUT2D eigenvalue weighted by molar-refractivity contribution is -0.0328. The fraction of sp³-hybridized carbons (Fsp3) is 0.348. The van der Waals surface area contributed by atoms with Crippen LogP contribution in [0.1, 0.15) is 56.7 Å². The van der Waals surface area contributed by atoms with Crippen molar-refractivity contribution in [2.45, 2.75) is 51.1 Å². The second kappa shape index (κ2) is 6.88. The third-order valence-corrected chi connectivity index (χ3v) is 5.02. The van der Waals surface area contributed by atoms with Gasteiger partial charge in [-0.15, -0.1) is 0 Å². The summed E-state index contributed by atoms with van der Waals surface area (Å²) < 4.78 is 0. The molecule has 1 aliphatic rings. The quantitative estimate of drug-likeness (QED) is 0.754. The summed E-state index contributed by atoms with van der Waals surface area (Å²) in [6.45, 7) is 5.88. The molecule has 2 aromatic carbocycles. The van der Waals surface area contributed by atoms with Crippen molar-refractivity contribution < 1.29 is 9.90 Å². The number of carbonyl (C=O) groups is 1. The number of amides is 1. The molecule has 1 amide bonds. The first-order valence-corrected chi connectivity index (χ1v) is 9.04. The Bertz CT molecular complexity index is 832. The Labute approximate surface area is 155 Å². The van der Waals surface area contributed by atoms with Gasteiger partial charge >= 0.3 is 6.09 Å². The fourth-order valence-corrected chi connectivity index (χ4v) is 3.79. The molecule has 0 saturated heterocycles. The van der Waals surface area contributed by atoms with Crippen LogP contribution in [-0.2, 0) is 5.54 Å². The molecule has 0 unspecified atom stereocenters. The lowest BCUT2D eigenvalue weighted by atomic mass is 9.69. The van der Waals surface area contributed by atoms with Gasteiger partial charge in [0, 0.05) is 16.7 Å². The van der Waals surface area contributed by atoms with Crippen molar-refractivity contribution >= 4 is 6.09 Å². The zero-order valence-electron chi connectivity index (χ0n) is 15.6. The van der Waals surface area contributed by atoms with E-state index in [1.54, 1.807) is 4.90 Å². The van der Waals surface area contributed by atoms with E-state index in [-0.39, 0.29) is 0 Å². The maximum absolute atomic E-state index is 12.0. The van der Waals surface area contributed by atoms with Gasteiger partial charge in [0.25, 0.3) is 0 Å². The van der Waals surface area contributed by atoms with E-state index in [2.05, 4.69) is 11.8 Å². The van der Waals surface area contributed by atoms with Crippen LogP contribution in [0.25, 0.3) is 0 Å². The van der Waals surface area contributed by atoms with Gasteiger partial charge in [-0.05, 0) is 69.9 Å². The smallest absolute Gasteiger partial charge is 0.408 e. The first kappa shape index (κ1) is 18.1.